The van der Waals surface area contributed by atoms with E-state index in [2.05, 4.69) is 13.0 Å². The van der Waals surface area contributed by atoms with Crippen molar-refractivity contribution in [2.75, 3.05) is 0 Å². The molecule has 2 saturated carbocycles. The molecular formula is C26H34F2. The number of aryl methyl sites for hydroxylation is 1. The van der Waals surface area contributed by atoms with Crippen LogP contribution in [-0.2, 0) is 6.42 Å². The van der Waals surface area contributed by atoms with E-state index in [4.69, 9.17) is 0 Å². The molecule has 0 spiro atoms. The summed E-state index contributed by atoms with van der Waals surface area (Å²) in [7, 11) is 0. The molecule has 0 bridgehead atoms. The van der Waals surface area contributed by atoms with Crippen molar-refractivity contribution in [2.45, 2.75) is 84.0 Å². The van der Waals surface area contributed by atoms with E-state index in [-0.39, 0.29) is 0 Å². The molecule has 0 aromatic heterocycles. The highest BCUT2D eigenvalue weighted by atomic mass is 19.2. The Labute approximate surface area is 168 Å². The molecule has 2 aromatic carbocycles. The van der Waals surface area contributed by atoms with Crippen molar-refractivity contribution in [2.24, 2.45) is 17.8 Å². The van der Waals surface area contributed by atoms with Crippen molar-refractivity contribution in [3.8, 4) is 0 Å². The average Bonchev–Trinajstić information content (AvgIpc) is 2.76. The third-order valence-electron chi connectivity index (χ3n) is 7.88. The summed E-state index contributed by atoms with van der Waals surface area (Å²) in [6, 6.07) is 7.87. The van der Waals surface area contributed by atoms with Crippen LogP contribution in [-0.4, -0.2) is 0 Å². The van der Waals surface area contributed by atoms with Crippen LogP contribution in [0.1, 0.15) is 88.7 Å². The fraction of sp³-hybridized carbons (Fsp3) is 0.615. The van der Waals surface area contributed by atoms with Gasteiger partial charge in [-0.3, -0.25) is 0 Å². The van der Waals surface area contributed by atoms with Crippen molar-refractivity contribution in [3.63, 3.8) is 0 Å². The van der Waals surface area contributed by atoms with Crippen LogP contribution in [0.25, 0.3) is 10.8 Å². The molecule has 4 rings (SSSR count). The molecule has 2 aromatic rings. The number of halogens is 2. The van der Waals surface area contributed by atoms with Crippen molar-refractivity contribution in [3.05, 3.63) is 47.0 Å². The first-order valence-electron chi connectivity index (χ1n) is 11.5. The zero-order valence-electron chi connectivity index (χ0n) is 17.4. The topological polar surface area (TPSA) is 0 Å². The fourth-order valence-corrected chi connectivity index (χ4v) is 5.90. The molecule has 0 unspecified atom stereocenters. The molecule has 0 N–H and O–H groups in total. The predicted octanol–water partition coefficient (Wildman–Crippen LogP) is 8.17. The summed E-state index contributed by atoms with van der Waals surface area (Å²) in [6.45, 7) is 4.20. The second-order valence-electron chi connectivity index (χ2n) is 9.30. The summed E-state index contributed by atoms with van der Waals surface area (Å²) >= 11 is 0. The molecule has 2 fully saturated rings. The van der Waals surface area contributed by atoms with Crippen molar-refractivity contribution < 1.29 is 8.78 Å². The SMILES string of the molecule is CCc1cc2ccc(C3CCC(C4CCC(CC)CC4)CC3)cc2c(F)c1F. The van der Waals surface area contributed by atoms with Gasteiger partial charge in [0.2, 0.25) is 0 Å². The van der Waals surface area contributed by atoms with Crippen molar-refractivity contribution >= 4 is 10.8 Å². The molecule has 152 valence electrons. The van der Waals surface area contributed by atoms with E-state index in [0.29, 0.717) is 23.3 Å². The number of benzene rings is 2. The Balaban J connectivity index is 1.44. The first-order chi connectivity index (χ1) is 13.6. The quantitative estimate of drug-likeness (QED) is 0.498. The van der Waals surface area contributed by atoms with Gasteiger partial charge >= 0.3 is 0 Å². The monoisotopic (exact) mass is 384 g/mol. The molecule has 0 aliphatic heterocycles. The molecule has 0 saturated heterocycles. The van der Waals surface area contributed by atoms with Crippen LogP contribution in [0.15, 0.2) is 24.3 Å². The lowest BCUT2D eigenvalue weighted by atomic mass is 9.68. The van der Waals surface area contributed by atoms with E-state index in [9.17, 15) is 8.78 Å². The summed E-state index contributed by atoms with van der Waals surface area (Å²) in [6.07, 6.45) is 12.6. The predicted molar refractivity (Wildman–Crippen MR) is 114 cm³/mol. The van der Waals surface area contributed by atoms with E-state index in [1.165, 1.54) is 63.4 Å². The maximum atomic E-state index is 14.6. The van der Waals surface area contributed by atoms with Crippen LogP contribution in [0, 0.1) is 29.4 Å². The summed E-state index contributed by atoms with van der Waals surface area (Å²) in [4.78, 5) is 0. The van der Waals surface area contributed by atoms with E-state index < -0.39 is 11.6 Å². The number of hydrogen-bond donors (Lipinski definition) is 0. The Morgan fingerprint density at radius 2 is 1.43 bits per heavy atom. The molecular weight excluding hydrogens is 350 g/mol. The molecule has 0 atom stereocenters. The minimum absolute atomic E-state index is 0.451. The molecule has 28 heavy (non-hydrogen) atoms. The first-order valence-corrected chi connectivity index (χ1v) is 11.5. The van der Waals surface area contributed by atoms with Crippen molar-refractivity contribution in [1.82, 2.24) is 0 Å². The molecule has 2 aliphatic rings. The standard InChI is InChI=1S/C26H34F2/c1-3-17-5-7-19(8-6-17)20-9-11-21(12-10-20)22-13-14-23-15-18(4-2)25(27)26(28)24(23)16-22/h13-17,19-21H,3-12H2,1-2H3. The summed E-state index contributed by atoms with van der Waals surface area (Å²) < 4.78 is 28.8. The van der Waals surface area contributed by atoms with Gasteiger partial charge in [0.15, 0.2) is 11.6 Å². The average molecular weight is 385 g/mol. The maximum absolute atomic E-state index is 14.6. The maximum Gasteiger partial charge on any atom is 0.166 e. The molecule has 2 aliphatic carbocycles. The summed E-state index contributed by atoms with van der Waals surface area (Å²) in [5.74, 6) is 1.95. The first kappa shape index (κ1) is 19.9. The van der Waals surface area contributed by atoms with Gasteiger partial charge < -0.3 is 0 Å². The van der Waals surface area contributed by atoms with Crippen LogP contribution in [0.5, 0.6) is 0 Å². The highest BCUT2D eigenvalue weighted by Crippen LogP contribution is 2.44. The molecule has 0 amide bonds. The van der Waals surface area contributed by atoms with Crippen LogP contribution < -0.4 is 0 Å². The Hall–Kier alpha value is -1.44. The lowest BCUT2D eigenvalue weighted by Crippen LogP contribution is -2.25. The van der Waals surface area contributed by atoms with Gasteiger partial charge in [0, 0.05) is 5.39 Å². The zero-order chi connectivity index (χ0) is 19.7. The van der Waals surface area contributed by atoms with E-state index in [1.54, 1.807) is 6.07 Å². The van der Waals surface area contributed by atoms with E-state index in [0.717, 1.165) is 23.1 Å². The second kappa shape index (κ2) is 8.51. The largest absolute Gasteiger partial charge is 0.203 e. The Morgan fingerprint density at radius 1 is 0.786 bits per heavy atom. The van der Waals surface area contributed by atoms with Gasteiger partial charge in [-0.15, -0.1) is 0 Å². The molecule has 0 radical (unpaired) electrons. The normalized spacial score (nSPS) is 28.6. The van der Waals surface area contributed by atoms with Crippen LogP contribution >= 0.6 is 0 Å². The second-order valence-corrected chi connectivity index (χ2v) is 9.30. The molecule has 0 nitrogen and oxygen atoms in total. The van der Waals surface area contributed by atoms with Crippen LogP contribution in [0.4, 0.5) is 8.78 Å². The Kier molecular flexibility index (Phi) is 6.04. The Bertz CT molecular complexity index is 809. The van der Waals surface area contributed by atoms with Gasteiger partial charge in [-0.2, -0.15) is 0 Å². The fourth-order valence-electron chi connectivity index (χ4n) is 5.90. The third-order valence-corrected chi connectivity index (χ3v) is 7.88. The number of fused-ring (bicyclic) bond motifs is 1. The smallest absolute Gasteiger partial charge is 0.166 e. The highest BCUT2D eigenvalue weighted by molar-refractivity contribution is 5.84. The molecule has 2 heteroatoms. The van der Waals surface area contributed by atoms with Gasteiger partial charge in [-0.1, -0.05) is 45.2 Å². The summed E-state index contributed by atoms with van der Waals surface area (Å²) in [5.41, 5.74) is 1.67. The van der Waals surface area contributed by atoms with Gasteiger partial charge in [-0.25, -0.2) is 8.78 Å². The minimum atomic E-state index is -0.669. The molecule has 0 heterocycles. The van der Waals surface area contributed by atoms with E-state index in [1.807, 2.05) is 19.1 Å². The Morgan fingerprint density at radius 3 is 2.04 bits per heavy atom. The number of hydrogen-bond acceptors (Lipinski definition) is 0. The lowest BCUT2D eigenvalue weighted by molar-refractivity contribution is 0.158. The summed E-state index contributed by atoms with van der Waals surface area (Å²) in [5, 5.41) is 1.27. The van der Waals surface area contributed by atoms with Gasteiger partial charge in [0.25, 0.3) is 0 Å². The zero-order valence-corrected chi connectivity index (χ0v) is 17.4. The van der Waals surface area contributed by atoms with Crippen LogP contribution in [0.3, 0.4) is 0 Å². The lowest BCUT2D eigenvalue weighted by Gasteiger charge is -2.38. The van der Waals surface area contributed by atoms with Gasteiger partial charge in [-0.05, 0) is 97.3 Å². The van der Waals surface area contributed by atoms with Crippen LogP contribution in [0.2, 0.25) is 0 Å². The van der Waals surface area contributed by atoms with Crippen molar-refractivity contribution in [1.29, 1.82) is 0 Å². The van der Waals surface area contributed by atoms with Gasteiger partial charge in [0.1, 0.15) is 0 Å². The third kappa shape index (κ3) is 3.84. The highest BCUT2D eigenvalue weighted by Gasteiger charge is 2.31. The number of rotatable bonds is 4. The minimum Gasteiger partial charge on any atom is -0.203 e. The van der Waals surface area contributed by atoms with E-state index >= 15 is 0 Å². The van der Waals surface area contributed by atoms with Gasteiger partial charge in [0.05, 0.1) is 0 Å².